The molecule has 66 valence electrons. The minimum absolute atomic E-state index is 0.587. The average molecular weight is 174 g/mol. The first-order valence-electron chi connectivity index (χ1n) is 4.09. The van der Waals surface area contributed by atoms with Gasteiger partial charge in [0.15, 0.2) is 0 Å². The maximum absolute atomic E-state index is 5.43. The Balaban J connectivity index is 2.15. The number of aryl methyl sites for hydroxylation is 1. The summed E-state index contributed by atoms with van der Waals surface area (Å²) in [5, 5.41) is 6.57. The van der Waals surface area contributed by atoms with Crippen LogP contribution >= 0.6 is 0 Å². The third-order valence-corrected chi connectivity index (χ3v) is 1.72. The monoisotopic (exact) mass is 174 g/mol. The second-order valence-electron chi connectivity index (χ2n) is 2.83. The van der Waals surface area contributed by atoms with E-state index in [0.29, 0.717) is 5.88 Å². The lowest BCUT2D eigenvalue weighted by Crippen LogP contribution is -1.83. The van der Waals surface area contributed by atoms with E-state index in [9.17, 15) is 0 Å². The van der Waals surface area contributed by atoms with Crippen LogP contribution in [0.15, 0.2) is 36.5 Å². The Bertz CT molecular complexity index is 364. The molecule has 0 saturated heterocycles. The highest BCUT2D eigenvalue weighted by atomic mass is 16.5. The summed E-state index contributed by atoms with van der Waals surface area (Å²) in [5.74, 6) is 1.39. The summed E-state index contributed by atoms with van der Waals surface area (Å²) in [7, 11) is 0. The number of aromatic nitrogens is 2. The Hall–Kier alpha value is -1.77. The van der Waals surface area contributed by atoms with E-state index in [1.54, 1.807) is 12.3 Å². The molecular formula is C10H10N2O. The van der Waals surface area contributed by atoms with Crippen LogP contribution in [0.4, 0.5) is 0 Å². The Morgan fingerprint density at radius 1 is 1.15 bits per heavy atom. The molecule has 3 heteroatoms. The largest absolute Gasteiger partial charge is 0.438 e. The lowest BCUT2D eigenvalue weighted by Gasteiger charge is -2.00. The van der Waals surface area contributed by atoms with Crippen molar-refractivity contribution in [3.8, 4) is 11.6 Å². The summed E-state index contributed by atoms with van der Waals surface area (Å²) < 4.78 is 5.43. The van der Waals surface area contributed by atoms with Crippen LogP contribution in [-0.4, -0.2) is 10.2 Å². The zero-order chi connectivity index (χ0) is 9.10. The fourth-order valence-electron chi connectivity index (χ4n) is 1.03. The predicted octanol–water partition coefficient (Wildman–Crippen LogP) is 2.51. The van der Waals surface area contributed by atoms with Crippen molar-refractivity contribution in [2.45, 2.75) is 6.92 Å². The number of aromatic amines is 1. The van der Waals surface area contributed by atoms with Gasteiger partial charge in [0.05, 0.1) is 0 Å². The van der Waals surface area contributed by atoms with Crippen molar-refractivity contribution in [3.63, 3.8) is 0 Å². The molecule has 0 atom stereocenters. The Kier molecular flexibility index (Phi) is 2.00. The van der Waals surface area contributed by atoms with Gasteiger partial charge < -0.3 is 4.74 Å². The molecule has 0 fully saturated rings. The van der Waals surface area contributed by atoms with Crippen molar-refractivity contribution in [2.24, 2.45) is 0 Å². The highest BCUT2D eigenvalue weighted by Crippen LogP contribution is 2.18. The normalized spacial score (nSPS) is 9.92. The van der Waals surface area contributed by atoms with Gasteiger partial charge in [-0.15, -0.1) is 5.10 Å². The molecule has 0 amide bonds. The maximum Gasteiger partial charge on any atom is 0.237 e. The van der Waals surface area contributed by atoms with E-state index in [4.69, 9.17) is 4.74 Å². The van der Waals surface area contributed by atoms with E-state index >= 15 is 0 Å². The first-order chi connectivity index (χ1) is 6.34. The number of nitrogens with zero attached hydrogens (tertiary/aromatic N) is 1. The van der Waals surface area contributed by atoms with Crippen LogP contribution in [0, 0.1) is 6.92 Å². The van der Waals surface area contributed by atoms with Crippen LogP contribution in [0.1, 0.15) is 5.56 Å². The summed E-state index contributed by atoms with van der Waals surface area (Å²) in [5.41, 5.74) is 1.22. The number of H-pyrrole nitrogens is 1. The van der Waals surface area contributed by atoms with E-state index in [-0.39, 0.29) is 0 Å². The van der Waals surface area contributed by atoms with Gasteiger partial charge in [-0.05, 0) is 19.1 Å². The fraction of sp³-hybridized carbons (Fsp3) is 0.100. The van der Waals surface area contributed by atoms with E-state index in [0.717, 1.165) is 5.75 Å². The molecule has 0 bridgehead atoms. The van der Waals surface area contributed by atoms with Gasteiger partial charge in [0.1, 0.15) is 5.75 Å². The SMILES string of the molecule is Cc1ccc(Oc2cc[nH]n2)cc1. The maximum atomic E-state index is 5.43. The van der Waals surface area contributed by atoms with Crippen LogP contribution < -0.4 is 4.74 Å². The molecule has 0 aliphatic rings. The molecule has 2 rings (SSSR count). The second kappa shape index (κ2) is 3.31. The minimum Gasteiger partial charge on any atom is -0.438 e. The quantitative estimate of drug-likeness (QED) is 0.759. The van der Waals surface area contributed by atoms with Gasteiger partial charge in [-0.25, -0.2) is 0 Å². The predicted molar refractivity (Wildman–Crippen MR) is 49.8 cm³/mol. The number of hydrogen-bond acceptors (Lipinski definition) is 2. The first kappa shape index (κ1) is 7.86. The summed E-state index contributed by atoms with van der Waals surface area (Å²) in [6, 6.07) is 9.62. The number of benzene rings is 1. The Morgan fingerprint density at radius 2 is 1.92 bits per heavy atom. The fourth-order valence-corrected chi connectivity index (χ4v) is 1.03. The van der Waals surface area contributed by atoms with Crippen LogP contribution in [-0.2, 0) is 0 Å². The highest BCUT2D eigenvalue weighted by molar-refractivity contribution is 5.29. The first-order valence-corrected chi connectivity index (χ1v) is 4.09. The number of hydrogen-bond donors (Lipinski definition) is 1. The standard InChI is InChI=1S/C10H10N2O/c1-8-2-4-9(5-3-8)13-10-6-7-11-12-10/h2-7H,1H3,(H,11,12). The van der Waals surface area contributed by atoms with Crippen molar-refractivity contribution in [1.82, 2.24) is 10.2 Å². The van der Waals surface area contributed by atoms with Gasteiger partial charge in [0, 0.05) is 12.3 Å². The summed E-state index contributed by atoms with van der Waals surface area (Å²) in [4.78, 5) is 0. The van der Waals surface area contributed by atoms with Crippen LogP contribution in [0.25, 0.3) is 0 Å². The molecule has 1 heterocycles. The molecule has 1 aromatic carbocycles. The van der Waals surface area contributed by atoms with Gasteiger partial charge in [0.25, 0.3) is 0 Å². The third-order valence-electron chi connectivity index (χ3n) is 1.72. The second-order valence-corrected chi connectivity index (χ2v) is 2.83. The van der Waals surface area contributed by atoms with Crippen molar-refractivity contribution >= 4 is 0 Å². The molecule has 13 heavy (non-hydrogen) atoms. The Labute approximate surface area is 76.4 Å². The molecule has 0 spiro atoms. The molecule has 0 saturated carbocycles. The molecular weight excluding hydrogens is 164 g/mol. The summed E-state index contributed by atoms with van der Waals surface area (Å²) in [6.07, 6.45) is 1.73. The minimum atomic E-state index is 0.587. The molecule has 0 radical (unpaired) electrons. The third kappa shape index (κ3) is 1.87. The van der Waals surface area contributed by atoms with Gasteiger partial charge >= 0.3 is 0 Å². The van der Waals surface area contributed by atoms with Crippen molar-refractivity contribution < 1.29 is 4.74 Å². The van der Waals surface area contributed by atoms with Crippen LogP contribution in [0.2, 0.25) is 0 Å². The van der Waals surface area contributed by atoms with E-state index < -0.39 is 0 Å². The van der Waals surface area contributed by atoms with E-state index in [1.165, 1.54) is 5.56 Å². The topological polar surface area (TPSA) is 37.9 Å². The number of nitrogens with one attached hydrogen (secondary N) is 1. The molecule has 0 aliphatic carbocycles. The van der Waals surface area contributed by atoms with Gasteiger partial charge in [-0.3, -0.25) is 5.10 Å². The molecule has 1 aromatic heterocycles. The summed E-state index contributed by atoms with van der Waals surface area (Å²) >= 11 is 0. The van der Waals surface area contributed by atoms with E-state index in [1.807, 2.05) is 31.2 Å². The number of rotatable bonds is 2. The van der Waals surface area contributed by atoms with Gasteiger partial charge in [-0.2, -0.15) is 0 Å². The lowest BCUT2D eigenvalue weighted by molar-refractivity contribution is 0.461. The van der Waals surface area contributed by atoms with Crippen LogP contribution in [0.5, 0.6) is 11.6 Å². The number of ether oxygens (including phenoxy) is 1. The van der Waals surface area contributed by atoms with Crippen LogP contribution in [0.3, 0.4) is 0 Å². The lowest BCUT2D eigenvalue weighted by atomic mass is 10.2. The molecule has 1 N–H and O–H groups in total. The van der Waals surface area contributed by atoms with Crippen molar-refractivity contribution in [3.05, 3.63) is 42.1 Å². The van der Waals surface area contributed by atoms with Crippen molar-refractivity contribution in [2.75, 3.05) is 0 Å². The zero-order valence-electron chi connectivity index (χ0n) is 7.32. The Morgan fingerprint density at radius 3 is 2.54 bits per heavy atom. The molecule has 0 unspecified atom stereocenters. The molecule has 0 aliphatic heterocycles. The van der Waals surface area contributed by atoms with E-state index in [2.05, 4.69) is 10.2 Å². The average Bonchev–Trinajstić information content (AvgIpc) is 2.62. The van der Waals surface area contributed by atoms with Gasteiger partial charge in [0.2, 0.25) is 5.88 Å². The zero-order valence-corrected chi connectivity index (χ0v) is 7.32. The van der Waals surface area contributed by atoms with Crippen molar-refractivity contribution in [1.29, 1.82) is 0 Å². The highest BCUT2D eigenvalue weighted by Gasteiger charge is 1.96. The smallest absolute Gasteiger partial charge is 0.237 e. The molecule has 2 aromatic rings. The summed E-state index contributed by atoms with van der Waals surface area (Å²) in [6.45, 7) is 2.04. The molecule has 3 nitrogen and oxygen atoms in total. The van der Waals surface area contributed by atoms with Gasteiger partial charge in [-0.1, -0.05) is 17.7 Å².